The van der Waals surface area contributed by atoms with Crippen LogP contribution >= 0.6 is 11.8 Å². The molecular weight excluding hydrogens is 446 g/mol. The van der Waals surface area contributed by atoms with Crippen LogP contribution in [0.25, 0.3) is 11.0 Å². The largest absolute Gasteiger partial charge is 0.461 e. The van der Waals surface area contributed by atoms with Crippen molar-refractivity contribution in [3.8, 4) is 0 Å². The van der Waals surface area contributed by atoms with Gasteiger partial charge in [0.1, 0.15) is 21.9 Å². The third-order valence-corrected chi connectivity index (χ3v) is 8.59. The molecule has 1 saturated heterocycles. The third kappa shape index (κ3) is 4.60. The minimum absolute atomic E-state index is 0.138. The Morgan fingerprint density at radius 2 is 2.00 bits per heavy atom. The van der Waals surface area contributed by atoms with Crippen LogP contribution in [0, 0.1) is 0 Å². The molecule has 0 unspecified atom stereocenters. The lowest BCUT2D eigenvalue weighted by Gasteiger charge is -2.24. The Kier molecular flexibility index (Phi) is 6.97. The summed E-state index contributed by atoms with van der Waals surface area (Å²) < 4.78 is 33.4. The number of hydrogen-bond donors (Lipinski definition) is 1. The second-order valence-corrected chi connectivity index (χ2v) is 11.2. The van der Waals surface area contributed by atoms with Crippen LogP contribution in [0.5, 0.6) is 0 Å². The number of amides is 1. The van der Waals surface area contributed by atoms with E-state index in [1.807, 2.05) is 24.3 Å². The van der Waals surface area contributed by atoms with Crippen LogP contribution in [-0.4, -0.2) is 60.2 Å². The van der Waals surface area contributed by atoms with Gasteiger partial charge in [0.25, 0.3) is 5.91 Å². The number of furan rings is 1. The van der Waals surface area contributed by atoms with Gasteiger partial charge in [-0.25, -0.2) is 8.42 Å². The number of nitrogens with zero attached hydrogens (tertiary/aromatic N) is 2. The molecule has 32 heavy (non-hydrogen) atoms. The zero-order valence-electron chi connectivity index (χ0n) is 18.5. The molecule has 7 nitrogen and oxygen atoms in total. The molecule has 1 fully saturated rings. The fourth-order valence-electron chi connectivity index (χ4n) is 3.96. The van der Waals surface area contributed by atoms with E-state index in [1.54, 1.807) is 23.7 Å². The summed E-state index contributed by atoms with van der Waals surface area (Å²) in [5.74, 6) is 2.23. The predicted octanol–water partition coefficient (Wildman–Crippen LogP) is 4.11. The summed E-state index contributed by atoms with van der Waals surface area (Å²) in [6.07, 6.45) is 4.30. The van der Waals surface area contributed by atoms with Gasteiger partial charge in [0.2, 0.25) is 10.0 Å². The van der Waals surface area contributed by atoms with E-state index in [-0.39, 0.29) is 16.5 Å². The van der Waals surface area contributed by atoms with Crippen molar-refractivity contribution >= 4 is 38.7 Å². The Bertz CT molecular complexity index is 1190. The lowest BCUT2D eigenvalue weighted by atomic mass is 10.1. The zero-order valence-corrected chi connectivity index (χ0v) is 20.1. The molecule has 1 aliphatic rings. The van der Waals surface area contributed by atoms with Crippen LogP contribution in [-0.2, 0) is 23.0 Å². The van der Waals surface area contributed by atoms with Gasteiger partial charge in [-0.2, -0.15) is 16.1 Å². The van der Waals surface area contributed by atoms with Crippen molar-refractivity contribution < 1.29 is 17.6 Å². The van der Waals surface area contributed by atoms with Crippen LogP contribution in [0.4, 0.5) is 0 Å². The molecule has 0 bridgehead atoms. The third-order valence-electron chi connectivity index (χ3n) is 5.78. The van der Waals surface area contributed by atoms with Gasteiger partial charge >= 0.3 is 0 Å². The number of carbonyl (C=O) groups excluding carboxylic acids is 1. The standard InChI is InChI=1S/C23H29N3O4S2/c1-3-4-8-22-19(18-7-5-6-9-21(18)30-22)16-25(2)23(27)20-14-17(15-24-20)32(28,29)26-10-12-31-13-11-26/h5-7,9,14-15,24H,3-4,8,10-13,16H2,1-2H3. The number of aromatic amines is 1. The summed E-state index contributed by atoms with van der Waals surface area (Å²) in [4.78, 5) is 17.7. The lowest BCUT2D eigenvalue weighted by Crippen LogP contribution is -2.37. The molecule has 1 aromatic carbocycles. The Morgan fingerprint density at radius 1 is 1.25 bits per heavy atom. The van der Waals surface area contributed by atoms with Crippen molar-refractivity contribution in [1.82, 2.24) is 14.2 Å². The maximum absolute atomic E-state index is 13.1. The first kappa shape index (κ1) is 22.9. The maximum Gasteiger partial charge on any atom is 0.270 e. The predicted molar refractivity (Wildman–Crippen MR) is 128 cm³/mol. The van der Waals surface area contributed by atoms with Crippen LogP contribution < -0.4 is 0 Å². The van der Waals surface area contributed by atoms with Crippen LogP contribution in [0.1, 0.15) is 41.6 Å². The number of rotatable bonds is 8. The average Bonchev–Trinajstić information content (AvgIpc) is 3.44. The Morgan fingerprint density at radius 3 is 2.75 bits per heavy atom. The highest BCUT2D eigenvalue weighted by Gasteiger charge is 2.28. The molecule has 0 spiro atoms. The van der Waals surface area contributed by atoms with E-state index in [0.29, 0.717) is 19.6 Å². The summed E-state index contributed by atoms with van der Waals surface area (Å²) in [5.41, 5.74) is 2.10. The number of carbonyl (C=O) groups is 1. The first-order valence-corrected chi connectivity index (χ1v) is 13.5. The molecule has 1 aliphatic heterocycles. The molecule has 0 radical (unpaired) electrons. The molecule has 0 saturated carbocycles. The zero-order chi connectivity index (χ0) is 22.7. The van der Waals surface area contributed by atoms with Gasteiger partial charge in [-0.3, -0.25) is 4.79 Å². The van der Waals surface area contributed by atoms with E-state index in [4.69, 9.17) is 4.42 Å². The highest BCUT2D eigenvalue weighted by molar-refractivity contribution is 7.99. The van der Waals surface area contributed by atoms with E-state index >= 15 is 0 Å². The van der Waals surface area contributed by atoms with Gasteiger partial charge in [0, 0.05) is 61.8 Å². The monoisotopic (exact) mass is 475 g/mol. The van der Waals surface area contributed by atoms with Gasteiger partial charge in [-0.05, 0) is 18.6 Å². The van der Waals surface area contributed by atoms with Crippen molar-refractivity contribution in [2.24, 2.45) is 0 Å². The van der Waals surface area contributed by atoms with Crippen LogP contribution in [0.3, 0.4) is 0 Å². The van der Waals surface area contributed by atoms with Crippen LogP contribution in [0.2, 0.25) is 0 Å². The number of thioether (sulfide) groups is 1. The minimum atomic E-state index is -3.59. The average molecular weight is 476 g/mol. The summed E-state index contributed by atoms with van der Waals surface area (Å²) in [6.45, 7) is 3.52. The van der Waals surface area contributed by atoms with E-state index in [2.05, 4.69) is 11.9 Å². The van der Waals surface area contributed by atoms with Gasteiger partial charge in [0.15, 0.2) is 0 Å². The van der Waals surface area contributed by atoms with Crippen LogP contribution in [0.15, 0.2) is 45.8 Å². The van der Waals surface area contributed by atoms with Crippen molar-refractivity contribution in [2.45, 2.75) is 37.6 Å². The number of nitrogens with one attached hydrogen (secondary N) is 1. The van der Waals surface area contributed by atoms with E-state index in [9.17, 15) is 13.2 Å². The molecule has 1 N–H and O–H groups in total. The summed E-state index contributed by atoms with van der Waals surface area (Å²) in [5, 5.41) is 1.01. The number of sulfonamides is 1. The Balaban J connectivity index is 1.54. The Hall–Kier alpha value is -2.23. The number of hydrogen-bond acceptors (Lipinski definition) is 5. The molecule has 3 aromatic rings. The fraction of sp³-hybridized carbons (Fsp3) is 0.435. The number of H-pyrrole nitrogens is 1. The van der Waals surface area contributed by atoms with Gasteiger partial charge in [0.05, 0.1) is 0 Å². The van der Waals surface area contributed by atoms with Crippen molar-refractivity contribution in [2.75, 3.05) is 31.6 Å². The smallest absolute Gasteiger partial charge is 0.270 e. The van der Waals surface area contributed by atoms with Crippen molar-refractivity contribution in [3.05, 3.63) is 53.5 Å². The highest BCUT2D eigenvalue weighted by atomic mass is 32.2. The van der Waals surface area contributed by atoms with Gasteiger partial charge in [-0.15, -0.1) is 0 Å². The molecule has 1 amide bonds. The number of para-hydroxylation sites is 1. The van der Waals surface area contributed by atoms with Crippen molar-refractivity contribution in [1.29, 1.82) is 0 Å². The maximum atomic E-state index is 13.1. The molecule has 4 rings (SSSR count). The summed E-state index contributed by atoms with van der Waals surface area (Å²) in [7, 11) is -1.87. The first-order chi connectivity index (χ1) is 15.4. The number of benzene rings is 1. The number of aryl methyl sites for hydroxylation is 1. The minimum Gasteiger partial charge on any atom is -0.461 e. The second kappa shape index (κ2) is 9.72. The normalized spacial score (nSPS) is 15.3. The Labute approximate surface area is 193 Å². The molecule has 172 valence electrons. The molecule has 0 aliphatic carbocycles. The van der Waals surface area contributed by atoms with E-state index in [1.165, 1.54) is 16.6 Å². The number of fused-ring (bicyclic) bond motifs is 1. The summed E-state index contributed by atoms with van der Waals surface area (Å²) >= 11 is 1.75. The van der Waals surface area contributed by atoms with E-state index < -0.39 is 10.0 Å². The molecule has 2 aromatic heterocycles. The second-order valence-electron chi connectivity index (χ2n) is 8.03. The molecule has 0 atom stereocenters. The van der Waals surface area contributed by atoms with Gasteiger partial charge < -0.3 is 14.3 Å². The van der Waals surface area contributed by atoms with Crippen molar-refractivity contribution in [3.63, 3.8) is 0 Å². The fourth-order valence-corrected chi connectivity index (χ4v) is 6.53. The molecular formula is C23H29N3O4S2. The molecule has 3 heterocycles. The summed E-state index contributed by atoms with van der Waals surface area (Å²) in [6, 6.07) is 9.31. The topological polar surface area (TPSA) is 86.6 Å². The first-order valence-electron chi connectivity index (χ1n) is 10.9. The SMILES string of the molecule is CCCCc1oc2ccccc2c1CN(C)C(=O)c1cc(S(=O)(=O)N2CCSCC2)c[nH]1. The quantitative estimate of drug-likeness (QED) is 0.530. The molecule has 9 heteroatoms. The number of aromatic nitrogens is 1. The van der Waals surface area contributed by atoms with E-state index in [0.717, 1.165) is 53.1 Å². The number of unbranched alkanes of at least 4 members (excludes halogenated alkanes) is 1. The highest BCUT2D eigenvalue weighted by Crippen LogP contribution is 2.29. The van der Waals surface area contributed by atoms with Gasteiger partial charge in [-0.1, -0.05) is 31.5 Å². The lowest BCUT2D eigenvalue weighted by molar-refractivity contribution is 0.0780.